The van der Waals surface area contributed by atoms with Crippen molar-refractivity contribution in [1.29, 1.82) is 0 Å². The zero-order chi connectivity index (χ0) is 20.6. The van der Waals surface area contributed by atoms with Crippen LogP contribution >= 0.6 is 0 Å². The van der Waals surface area contributed by atoms with Crippen molar-refractivity contribution in [2.75, 3.05) is 32.7 Å². The largest absolute Gasteiger partial charge is 0.493 e. The number of guanidine groups is 1. The van der Waals surface area contributed by atoms with Crippen LogP contribution in [0.1, 0.15) is 24.0 Å². The number of methoxy groups -OCH3 is 2. The maximum atomic E-state index is 11.9. The zero-order valence-electron chi connectivity index (χ0n) is 17.2. The molecule has 1 aliphatic rings. The molecule has 154 valence electrons. The lowest BCUT2D eigenvalue weighted by atomic mass is 10.2. The first kappa shape index (κ1) is 20.5. The Labute approximate surface area is 171 Å². The lowest BCUT2D eigenvalue weighted by Crippen LogP contribution is -2.36. The van der Waals surface area contributed by atoms with Crippen molar-refractivity contribution in [3.05, 3.63) is 53.6 Å². The third-order valence-electron chi connectivity index (χ3n) is 4.91. The zero-order valence-corrected chi connectivity index (χ0v) is 17.2. The number of ether oxygens (including phenoxy) is 2. The minimum absolute atomic E-state index is 0.204. The molecule has 29 heavy (non-hydrogen) atoms. The summed E-state index contributed by atoms with van der Waals surface area (Å²) < 4.78 is 10.6. The Hall–Kier alpha value is -3.22. The quantitative estimate of drug-likeness (QED) is 0.556. The van der Waals surface area contributed by atoms with Gasteiger partial charge in [-0.2, -0.15) is 0 Å². The van der Waals surface area contributed by atoms with E-state index in [-0.39, 0.29) is 5.91 Å². The van der Waals surface area contributed by atoms with E-state index in [0.717, 1.165) is 29.8 Å². The highest BCUT2D eigenvalue weighted by Crippen LogP contribution is 2.27. The minimum Gasteiger partial charge on any atom is -0.493 e. The van der Waals surface area contributed by atoms with Crippen molar-refractivity contribution >= 4 is 17.6 Å². The van der Waals surface area contributed by atoms with Crippen LogP contribution in [0.2, 0.25) is 0 Å². The number of hydrogen-bond donors (Lipinski definition) is 2. The summed E-state index contributed by atoms with van der Waals surface area (Å²) in [5, 5.41) is 6.60. The lowest BCUT2D eigenvalue weighted by molar-refractivity contribution is -0.117. The molecule has 3 rings (SSSR count). The fraction of sp³-hybridized carbons (Fsp3) is 0.364. The Morgan fingerprint density at radius 2 is 1.66 bits per heavy atom. The molecule has 0 radical (unpaired) electrons. The smallest absolute Gasteiger partial charge is 0.227 e. The SMILES string of the molecule is CN=C(NCc1ccc(N2CCCC2=O)cc1)NCc1ccc(OC)c(OC)c1. The van der Waals surface area contributed by atoms with Crippen molar-refractivity contribution < 1.29 is 14.3 Å². The molecule has 1 fully saturated rings. The number of carbonyl (C=O) groups is 1. The molecule has 0 unspecified atom stereocenters. The van der Waals surface area contributed by atoms with Crippen LogP contribution in [-0.2, 0) is 17.9 Å². The van der Waals surface area contributed by atoms with E-state index in [1.165, 1.54) is 0 Å². The van der Waals surface area contributed by atoms with Crippen LogP contribution in [0.25, 0.3) is 0 Å². The van der Waals surface area contributed by atoms with Crippen LogP contribution in [0.3, 0.4) is 0 Å². The molecule has 2 aromatic rings. The predicted octanol–water partition coefficient (Wildman–Crippen LogP) is 2.70. The first-order valence-corrected chi connectivity index (χ1v) is 9.69. The number of nitrogens with one attached hydrogen (secondary N) is 2. The van der Waals surface area contributed by atoms with E-state index in [1.54, 1.807) is 21.3 Å². The highest BCUT2D eigenvalue weighted by molar-refractivity contribution is 5.95. The van der Waals surface area contributed by atoms with Gasteiger partial charge >= 0.3 is 0 Å². The van der Waals surface area contributed by atoms with Gasteiger partial charge in [-0.3, -0.25) is 9.79 Å². The third kappa shape index (κ3) is 5.19. The Kier molecular flexibility index (Phi) is 6.94. The van der Waals surface area contributed by atoms with Gasteiger partial charge in [0.05, 0.1) is 14.2 Å². The van der Waals surface area contributed by atoms with Crippen molar-refractivity contribution in [3.8, 4) is 11.5 Å². The lowest BCUT2D eigenvalue weighted by Gasteiger charge is -2.16. The average Bonchev–Trinajstić information content (AvgIpc) is 3.19. The standard InChI is InChI=1S/C22H28N4O3/c1-23-22(25-15-17-8-11-19(28-2)20(13-17)29-3)24-14-16-6-9-18(10-7-16)26-12-4-5-21(26)27/h6-11,13H,4-5,12,14-15H2,1-3H3,(H2,23,24,25). The number of benzene rings is 2. The maximum absolute atomic E-state index is 11.9. The van der Waals surface area contributed by atoms with Gasteiger partial charge in [-0.1, -0.05) is 18.2 Å². The van der Waals surface area contributed by atoms with E-state index in [1.807, 2.05) is 47.4 Å². The van der Waals surface area contributed by atoms with Gasteiger partial charge in [-0.05, 0) is 41.8 Å². The summed E-state index contributed by atoms with van der Waals surface area (Å²) in [5.74, 6) is 2.32. The molecule has 0 aliphatic carbocycles. The molecule has 7 heteroatoms. The molecule has 0 saturated carbocycles. The van der Waals surface area contributed by atoms with Gasteiger partial charge < -0.3 is 25.0 Å². The topological polar surface area (TPSA) is 75.2 Å². The Morgan fingerprint density at radius 3 is 2.24 bits per heavy atom. The molecule has 2 aromatic carbocycles. The number of rotatable bonds is 7. The molecular weight excluding hydrogens is 368 g/mol. The summed E-state index contributed by atoms with van der Waals surface area (Å²) in [6.07, 6.45) is 1.58. The molecule has 7 nitrogen and oxygen atoms in total. The van der Waals surface area contributed by atoms with Crippen molar-refractivity contribution in [3.63, 3.8) is 0 Å². The van der Waals surface area contributed by atoms with E-state index >= 15 is 0 Å². The van der Waals surface area contributed by atoms with Crippen LogP contribution in [-0.4, -0.2) is 39.7 Å². The molecule has 0 aromatic heterocycles. The highest BCUT2D eigenvalue weighted by Gasteiger charge is 2.21. The van der Waals surface area contributed by atoms with Gasteiger partial charge in [0.25, 0.3) is 0 Å². The van der Waals surface area contributed by atoms with Crippen LogP contribution in [0.4, 0.5) is 5.69 Å². The van der Waals surface area contributed by atoms with E-state index in [0.29, 0.717) is 37.0 Å². The van der Waals surface area contributed by atoms with Crippen LogP contribution in [0.15, 0.2) is 47.5 Å². The van der Waals surface area contributed by atoms with Crippen LogP contribution in [0, 0.1) is 0 Å². The fourth-order valence-corrected chi connectivity index (χ4v) is 3.30. The Bertz CT molecular complexity index is 865. The number of anilines is 1. The van der Waals surface area contributed by atoms with Gasteiger partial charge in [0.1, 0.15) is 0 Å². The van der Waals surface area contributed by atoms with Crippen molar-refractivity contribution in [1.82, 2.24) is 10.6 Å². The Balaban J connectivity index is 1.52. The van der Waals surface area contributed by atoms with Gasteiger partial charge in [0.15, 0.2) is 17.5 Å². The van der Waals surface area contributed by atoms with Gasteiger partial charge in [0, 0.05) is 38.8 Å². The first-order valence-electron chi connectivity index (χ1n) is 9.69. The molecule has 1 heterocycles. The summed E-state index contributed by atoms with van der Waals surface area (Å²) in [7, 11) is 4.99. The molecule has 0 atom stereocenters. The maximum Gasteiger partial charge on any atom is 0.227 e. The fourth-order valence-electron chi connectivity index (χ4n) is 3.30. The van der Waals surface area contributed by atoms with Crippen LogP contribution < -0.4 is 25.0 Å². The van der Waals surface area contributed by atoms with Gasteiger partial charge in [0.2, 0.25) is 5.91 Å². The summed E-state index contributed by atoms with van der Waals surface area (Å²) in [6, 6.07) is 13.9. The first-order chi connectivity index (χ1) is 14.1. The molecular formula is C22H28N4O3. The molecule has 1 saturated heterocycles. The second-order valence-electron chi connectivity index (χ2n) is 6.78. The summed E-state index contributed by atoms with van der Waals surface area (Å²) >= 11 is 0. The summed E-state index contributed by atoms with van der Waals surface area (Å²) in [4.78, 5) is 18.0. The number of amides is 1. The summed E-state index contributed by atoms with van der Waals surface area (Å²) in [6.45, 7) is 2.05. The normalized spacial score (nSPS) is 14.1. The molecule has 0 bridgehead atoms. The van der Waals surface area contributed by atoms with E-state index in [4.69, 9.17) is 9.47 Å². The summed E-state index contributed by atoms with van der Waals surface area (Å²) in [5.41, 5.74) is 3.15. The molecule has 1 amide bonds. The number of aliphatic imine (C=N–C) groups is 1. The predicted molar refractivity (Wildman–Crippen MR) is 115 cm³/mol. The number of hydrogen-bond acceptors (Lipinski definition) is 4. The minimum atomic E-state index is 0.204. The highest BCUT2D eigenvalue weighted by atomic mass is 16.5. The van der Waals surface area contributed by atoms with Crippen molar-refractivity contribution in [2.24, 2.45) is 4.99 Å². The van der Waals surface area contributed by atoms with E-state index in [9.17, 15) is 4.79 Å². The number of carbonyl (C=O) groups excluding carboxylic acids is 1. The van der Waals surface area contributed by atoms with Crippen LogP contribution in [0.5, 0.6) is 11.5 Å². The molecule has 1 aliphatic heterocycles. The van der Waals surface area contributed by atoms with Gasteiger partial charge in [-0.25, -0.2) is 0 Å². The number of nitrogens with zero attached hydrogens (tertiary/aromatic N) is 2. The monoisotopic (exact) mass is 396 g/mol. The third-order valence-corrected chi connectivity index (χ3v) is 4.91. The Morgan fingerprint density at radius 1 is 1.00 bits per heavy atom. The van der Waals surface area contributed by atoms with E-state index in [2.05, 4.69) is 15.6 Å². The average molecular weight is 396 g/mol. The molecule has 0 spiro atoms. The second kappa shape index (κ2) is 9.82. The van der Waals surface area contributed by atoms with Crippen molar-refractivity contribution in [2.45, 2.75) is 25.9 Å². The second-order valence-corrected chi connectivity index (χ2v) is 6.78. The van der Waals surface area contributed by atoms with Gasteiger partial charge in [-0.15, -0.1) is 0 Å². The van der Waals surface area contributed by atoms with E-state index < -0.39 is 0 Å². The molecule has 2 N–H and O–H groups in total.